The quantitative estimate of drug-likeness (QED) is 0.646. The Morgan fingerprint density at radius 3 is 2.73 bits per heavy atom. The van der Waals surface area contributed by atoms with Crippen LogP contribution in [0.5, 0.6) is 0 Å². The number of hydrogen-bond donors (Lipinski definition) is 0. The molecule has 0 N–H and O–H groups in total. The van der Waals surface area contributed by atoms with Gasteiger partial charge in [-0.1, -0.05) is 24.3 Å². The molecule has 0 radical (unpaired) electrons. The van der Waals surface area contributed by atoms with Crippen molar-refractivity contribution in [3.63, 3.8) is 0 Å². The Labute approximate surface area is 178 Å². The van der Waals surface area contributed by atoms with E-state index in [2.05, 4.69) is 5.10 Å². The summed E-state index contributed by atoms with van der Waals surface area (Å²) in [5.74, 6) is -0.629. The lowest BCUT2D eigenvalue weighted by Crippen LogP contribution is -2.43. The van der Waals surface area contributed by atoms with Crippen LogP contribution in [0.4, 0.5) is 4.39 Å². The Hall–Kier alpha value is -2.58. The minimum absolute atomic E-state index is 0.00872. The number of carbonyl (C=O) groups excluding carboxylic acids is 2. The van der Waals surface area contributed by atoms with Gasteiger partial charge in [-0.05, 0) is 30.4 Å². The van der Waals surface area contributed by atoms with Gasteiger partial charge in [-0.15, -0.1) is 11.3 Å². The number of benzene rings is 1. The second-order valence-corrected chi connectivity index (χ2v) is 8.51. The summed E-state index contributed by atoms with van der Waals surface area (Å²) in [7, 11) is 1.57. The van der Waals surface area contributed by atoms with Crippen LogP contribution in [0.1, 0.15) is 35.7 Å². The summed E-state index contributed by atoms with van der Waals surface area (Å²) in [5.41, 5.74) is 0.941. The first kappa shape index (κ1) is 20.7. The maximum absolute atomic E-state index is 14.3. The molecule has 4 rings (SSSR count). The average Bonchev–Trinajstić information content (AvgIpc) is 3.27. The largest absolute Gasteiger partial charge is 0.383 e. The van der Waals surface area contributed by atoms with Crippen molar-refractivity contribution in [3.05, 3.63) is 58.0 Å². The van der Waals surface area contributed by atoms with E-state index in [0.717, 1.165) is 17.7 Å². The van der Waals surface area contributed by atoms with E-state index < -0.39 is 0 Å². The van der Waals surface area contributed by atoms with Crippen LogP contribution < -0.4 is 0 Å². The van der Waals surface area contributed by atoms with Gasteiger partial charge in [0.1, 0.15) is 12.4 Å². The third kappa shape index (κ3) is 4.44. The molecule has 1 aromatic heterocycles. The number of hydrogen-bond acceptors (Lipinski definition) is 5. The molecule has 1 fully saturated rings. The van der Waals surface area contributed by atoms with Crippen LogP contribution in [0, 0.1) is 11.7 Å². The van der Waals surface area contributed by atoms with Crippen molar-refractivity contribution in [2.45, 2.75) is 25.3 Å². The third-order valence-electron chi connectivity index (χ3n) is 5.35. The van der Waals surface area contributed by atoms with Gasteiger partial charge in [0.15, 0.2) is 0 Å². The zero-order chi connectivity index (χ0) is 21.1. The fraction of sp³-hybridized carbons (Fsp3) is 0.409. The predicted octanol–water partition coefficient (Wildman–Crippen LogP) is 3.45. The maximum atomic E-state index is 14.3. The molecular weight excluding hydrogens is 405 g/mol. The molecule has 2 amide bonds. The van der Waals surface area contributed by atoms with Gasteiger partial charge in [-0.25, -0.2) is 9.40 Å². The zero-order valence-corrected chi connectivity index (χ0v) is 17.6. The maximum Gasteiger partial charge on any atom is 0.262 e. The Morgan fingerprint density at radius 1 is 1.27 bits per heavy atom. The zero-order valence-electron chi connectivity index (χ0n) is 16.8. The van der Waals surface area contributed by atoms with Gasteiger partial charge >= 0.3 is 0 Å². The van der Waals surface area contributed by atoms with Crippen LogP contribution in [0.3, 0.4) is 0 Å². The van der Waals surface area contributed by atoms with Gasteiger partial charge in [0, 0.05) is 36.4 Å². The van der Waals surface area contributed by atoms with E-state index in [1.807, 2.05) is 17.5 Å². The summed E-state index contributed by atoms with van der Waals surface area (Å²) in [6, 6.07) is 10.0. The summed E-state index contributed by atoms with van der Waals surface area (Å²) in [6.07, 6.45) is 2.17. The highest BCUT2D eigenvalue weighted by Crippen LogP contribution is 2.36. The molecule has 2 heterocycles. The van der Waals surface area contributed by atoms with E-state index in [1.54, 1.807) is 30.2 Å². The fourth-order valence-electron chi connectivity index (χ4n) is 3.59. The van der Waals surface area contributed by atoms with E-state index in [9.17, 15) is 14.0 Å². The second kappa shape index (κ2) is 9.06. The molecule has 158 valence electrons. The summed E-state index contributed by atoms with van der Waals surface area (Å²) < 4.78 is 19.5. The summed E-state index contributed by atoms with van der Waals surface area (Å²) in [6.45, 7) is 0.664. The molecule has 30 heavy (non-hydrogen) atoms. The molecule has 1 saturated carbocycles. The lowest BCUT2D eigenvalue weighted by atomic mass is 10.0. The number of rotatable bonds is 8. The highest BCUT2D eigenvalue weighted by molar-refractivity contribution is 7.10. The molecule has 2 aliphatic rings. The molecule has 0 bridgehead atoms. The van der Waals surface area contributed by atoms with Crippen molar-refractivity contribution in [1.82, 2.24) is 9.91 Å². The van der Waals surface area contributed by atoms with E-state index >= 15 is 0 Å². The van der Waals surface area contributed by atoms with E-state index in [1.165, 1.54) is 22.4 Å². The molecule has 0 unspecified atom stereocenters. The van der Waals surface area contributed by atoms with Crippen LogP contribution in [0.15, 0.2) is 46.9 Å². The Balaban J connectivity index is 1.58. The number of thiophene rings is 1. The van der Waals surface area contributed by atoms with Crippen LogP contribution in [-0.4, -0.2) is 54.2 Å². The first-order valence-corrected chi connectivity index (χ1v) is 10.9. The van der Waals surface area contributed by atoms with Gasteiger partial charge in [-0.3, -0.25) is 9.59 Å². The van der Waals surface area contributed by atoms with Crippen molar-refractivity contribution in [1.29, 1.82) is 0 Å². The van der Waals surface area contributed by atoms with E-state index in [4.69, 9.17) is 4.74 Å². The molecule has 6 nitrogen and oxygen atoms in total. The van der Waals surface area contributed by atoms with Crippen LogP contribution in [0.2, 0.25) is 0 Å². The average molecular weight is 430 g/mol. The summed E-state index contributed by atoms with van der Waals surface area (Å²) >= 11 is 1.54. The van der Waals surface area contributed by atoms with Gasteiger partial charge in [-0.2, -0.15) is 5.10 Å². The minimum atomic E-state index is -0.360. The standard InChI is InChI=1S/C22H24FN3O3S/c1-29-11-10-25(22(28)15-8-9-15)14-21(27)26-19(20-7-4-12-30-20)13-18(24-26)16-5-2-3-6-17(16)23/h2-7,12,15,19H,8-11,13-14H2,1H3/t19-/m1/s1. The number of amides is 2. The van der Waals surface area contributed by atoms with E-state index in [0.29, 0.717) is 30.8 Å². The van der Waals surface area contributed by atoms with Gasteiger partial charge in [0.05, 0.1) is 18.4 Å². The van der Waals surface area contributed by atoms with Crippen LogP contribution in [-0.2, 0) is 14.3 Å². The van der Waals surface area contributed by atoms with Crippen molar-refractivity contribution in [2.75, 3.05) is 26.8 Å². The molecule has 8 heteroatoms. The fourth-order valence-corrected chi connectivity index (χ4v) is 4.41. The molecule has 1 aliphatic heterocycles. The smallest absolute Gasteiger partial charge is 0.262 e. The van der Waals surface area contributed by atoms with Crippen molar-refractivity contribution in [3.8, 4) is 0 Å². The van der Waals surface area contributed by atoms with Crippen molar-refractivity contribution < 1.29 is 18.7 Å². The predicted molar refractivity (Wildman–Crippen MR) is 113 cm³/mol. The van der Waals surface area contributed by atoms with Crippen LogP contribution >= 0.6 is 11.3 Å². The van der Waals surface area contributed by atoms with Gasteiger partial charge < -0.3 is 9.64 Å². The topological polar surface area (TPSA) is 62.2 Å². The number of carbonyl (C=O) groups is 2. The number of hydrazone groups is 1. The minimum Gasteiger partial charge on any atom is -0.383 e. The normalized spacial score (nSPS) is 18.4. The number of ether oxygens (including phenoxy) is 1. The summed E-state index contributed by atoms with van der Waals surface area (Å²) in [4.78, 5) is 28.4. The SMILES string of the molecule is COCCN(CC(=O)N1N=C(c2ccccc2F)C[C@@H]1c1cccs1)C(=O)C1CC1. The molecule has 0 saturated heterocycles. The van der Waals surface area contributed by atoms with Crippen molar-refractivity contribution >= 4 is 28.9 Å². The Kier molecular flexibility index (Phi) is 6.24. The molecule has 1 aliphatic carbocycles. The third-order valence-corrected chi connectivity index (χ3v) is 6.33. The van der Waals surface area contributed by atoms with Crippen molar-refractivity contribution in [2.24, 2.45) is 11.0 Å². The lowest BCUT2D eigenvalue weighted by molar-refractivity contribution is -0.142. The highest BCUT2D eigenvalue weighted by atomic mass is 32.1. The first-order valence-electron chi connectivity index (χ1n) is 10.0. The molecule has 1 atom stereocenters. The monoisotopic (exact) mass is 429 g/mol. The Bertz CT molecular complexity index is 943. The molecule has 0 spiro atoms. The molecular formula is C22H24FN3O3S. The van der Waals surface area contributed by atoms with E-state index in [-0.39, 0.29) is 36.1 Å². The van der Waals surface area contributed by atoms with Gasteiger partial charge in [0.25, 0.3) is 5.91 Å². The molecule has 1 aromatic carbocycles. The first-order chi connectivity index (χ1) is 14.6. The van der Waals surface area contributed by atoms with Gasteiger partial charge in [0.2, 0.25) is 5.91 Å². The Morgan fingerprint density at radius 2 is 2.07 bits per heavy atom. The lowest BCUT2D eigenvalue weighted by Gasteiger charge is -2.26. The molecule has 2 aromatic rings. The number of nitrogens with zero attached hydrogens (tertiary/aromatic N) is 3. The summed E-state index contributed by atoms with van der Waals surface area (Å²) in [5, 5.41) is 7.88. The number of methoxy groups -OCH3 is 1. The van der Waals surface area contributed by atoms with Crippen LogP contribution in [0.25, 0.3) is 0 Å². The number of halogens is 1. The highest BCUT2D eigenvalue weighted by Gasteiger charge is 2.38. The second-order valence-electron chi connectivity index (χ2n) is 7.53.